The average Bonchev–Trinajstić information content (AvgIpc) is 3.15. The molecule has 5 rings (SSSR count). The summed E-state index contributed by atoms with van der Waals surface area (Å²) in [6.45, 7) is 1.99. The zero-order valence-corrected chi connectivity index (χ0v) is 18.4. The fourth-order valence-corrected chi connectivity index (χ4v) is 4.90. The summed E-state index contributed by atoms with van der Waals surface area (Å²) >= 11 is 0. The number of rotatable bonds is 5. The average molecular weight is 442 g/mol. The number of hydrogen-bond donors (Lipinski definition) is 1. The van der Waals surface area contributed by atoms with Crippen molar-refractivity contribution < 1.29 is 9.59 Å². The van der Waals surface area contributed by atoms with Crippen molar-refractivity contribution in [2.75, 3.05) is 18.0 Å². The molecule has 0 saturated carbocycles. The summed E-state index contributed by atoms with van der Waals surface area (Å²) in [5.74, 6) is -0.0368. The molecule has 0 spiro atoms. The first kappa shape index (κ1) is 21.3. The number of carbonyl (C=O) groups is 2. The summed E-state index contributed by atoms with van der Waals surface area (Å²) in [5.41, 5.74) is 3.45. The summed E-state index contributed by atoms with van der Waals surface area (Å²) in [4.78, 5) is 38.6. The fourth-order valence-electron chi connectivity index (χ4n) is 4.90. The number of fused-ring (bicyclic) bond motifs is 2. The quantitative estimate of drug-likeness (QED) is 0.659. The Labute approximate surface area is 193 Å². The Morgan fingerprint density at radius 2 is 1.88 bits per heavy atom. The molecular formula is C26H27N5O2. The Bertz CT molecular complexity index is 1120. The molecular weight excluding hydrogens is 414 g/mol. The number of anilines is 1. The van der Waals surface area contributed by atoms with Crippen LogP contribution in [0.2, 0.25) is 0 Å². The Kier molecular flexibility index (Phi) is 6.13. The number of nitrogens with zero attached hydrogens (tertiary/aromatic N) is 4. The van der Waals surface area contributed by atoms with Gasteiger partial charge in [-0.3, -0.25) is 24.5 Å². The molecule has 1 saturated heterocycles. The molecule has 0 radical (unpaired) electrons. The van der Waals surface area contributed by atoms with Crippen molar-refractivity contribution in [2.24, 2.45) is 0 Å². The molecule has 1 aromatic carbocycles. The Balaban J connectivity index is 1.31. The van der Waals surface area contributed by atoms with Crippen LogP contribution in [0.1, 0.15) is 34.5 Å². The van der Waals surface area contributed by atoms with Crippen LogP contribution in [0.25, 0.3) is 0 Å². The van der Waals surface area contributed by atoms with Crippen molar-refractivity contribution in [1.29, 1.82) is 0 Å². The standard InChI is InChI=1S/C26H27N5O2/c32-25(14-21-8-3-4-13-28-21)29-16-22-10-11-23-18-31(26(33)19-7-5-12-27-15-19)24-9-2-1-6-20(24)17-30(22)23/h1-9,12-13,15,22-23H,10-11,14,16-18H2,(H,29,32)/t22-,23+/m0/s1. The third kappa shape index (κ3) is 4.64. The van der Waals surface area contributed by atoms with Gasteiger partial charge in [0, 0.05) is 61.7 Å². The van der Waals surface area contributed by atoms with Crippen molar-refractivity contribution in [3.05, 3.63) is 90.0 Å². The number of pyridine rings is 2. The van der Waals surface area contributed by atoms with Crippen LogP contribution in [-0.2, 0) is 17.8 Å². The number of aromatic nitrogens is 2. The Morgan fingerprint density at radius 3 is 2.70 bits per heavy atom. The molecule has 0 unspecified atom stereocenters. The van der Waals surface area contributed by atoms with Gasteiger partial charge in [0.2, 0.25) is 5.91 Å². The molecule has 0 bridgehead atoms. The van der Waals surface area contributed by atoms with E-state index in [1.165, 1.54) is 0 Å². The van der Waals surface area contributed by atoms with Crippen molar-refractivity contribution in [2.45, 2.75) is 37.9 Å². The lowest BCUT2D eigenvalue weighted by atomic mass is 10.1. The van der Waals surface area contributed by atoms with Gasteiger partial charge in [0.15, 0.2) is 0 Å². The van der Waals surface area contributed by atoms with E-state index in [4.69, 9.17) is 0 Å². The van der Waals surface area contributed by atoms with Crippen LogP contribution in [0.4, 0.5) is 5.69 Å². The summed E-state index contributed by atoms with van der Waals surface area (Å²) in [6, 6.07) is 17.8. The van der Waals surface area contributed by atoms with Crippen molar-refractivity contribution in [3.63, 3.8) is 0 Å². The van der Waals surface area contributed by atoms with E-state index in [0.717, 1.165) is 36.3 Å². The molecule has 3 aromatic rings. The molecule has 2 atom stereocenters. The van der Waals surface area contributed by atoms with Crippen LogP contribution in [0.5, 0.6) is 0 Å². The summed E-state index contributed by atoms with van der Waals surface area (Å²) in [5, 5.41) is 3.10. The number of benzene rings is 1. The minimum absolute atomic E-state index is 0.0132. The first-order chi connectivity index (χ1) is 16.2. The van der Waals surface area contributed by atoms with Gasteiger partial charge in [-0.1, -0.05) is 24.3 Å². The predicted octanol–water partition coefficient (Wildman–Crippen LogP) is 2.83. The van der Waals surface area contributed by atoms with Gasteiger partial charge >= 0.3 is 0 Å². The van der Waals surface area contributed by atoms with Crippen molar-refractivity contribution in [1.82, 2.24) is 20.2 Å². The first-order valence-electron chi connectivity index (χ1n) is 11.4. The summed E-state index contributed by atoms with van der Waals surface area (Å²) in [6.07, 6.45) is 7.28. The van der Waals surface area contributed by atoms with Gasteiger partial charge in [-0.25, -0.2) is 0 Å². The largest absolute Gasteiger partial charge is 0.354 e. The molecule has 1 fully saturated rings. The van der Waals surface area contributed by atoms with E-state index in [9.17, 15) is 9.59 Å². The lowest BCUT2D eigenvalue weighted by molar-refractivity contribution is -0.120. The van der Waals surface area contributed by atoms with E-state index < -0.39 is 0 Å². The lowest BCUT2D eigenvalue weighted by Gasteiger charge is -2.29. The normalized spacial score (nSPS) is 19.9. The van der Waals surface area contributed by atoms with Crippen LogP contribution in [0.15, 0.2) is 73.2 Å². The molecule has 2 aliphatic heterocycles. The fraction of sp³-hybridized carbons (Fsp3) is 0.308. The van der Waals surface area contributed by atoms with Gasteiger partial charge in [-0.2, -0.15) is 0 Å². The molecule has 2 aliphatic rings. The van der Waals surface area contributed by atoms with E-state index in [-0.39, 0.29) is 30.3 Å². The molecule has 7 nitrogen and oxygen atoms in total. The Morgan fingerprint density at radius 1 is 1.00 bits per heavy atom. The maximum absolute atomic E-state index is 13.4. The molecule has 2 amide bonds. The zero-order valence-electron chi connectivity index (χ0n) is 18.4. The molecule has 7 heteroatoms. The number of hydrogen-bond acceptors (Lipinski definition) is 5. The van der Waals surface area contributed by atoms with Crippen molar-refractivity contribution >= 4 is 17.5 Å². The van der Waals surface area contributed by atoms with Crippen LogP contribution in [0.3, 0.4) is 0 Å². The predicted molar refractivity (Wildman–Crippen MR) is 126 cm³/mol. The summed E-state index contributed by atoms with van der Waals surface area (Å²) in [7, 11) is 0. The number of para-hydroxylation sites is 1. The maximum Gasteiger partial charge on any atom is 0.259 e. The molecule has 0 aliphatic carbocycles. The van der Waals surface area contributed by atoms with E-state index in [2.05, 4.69) is 26.3 Å². The van der Waals surface area contributed by atoms with Crippen molar-refractivity contribution in [3.8, 4) is 0 Å². The van der Waals surface area contributed by atoms with Gasteiger partial charge in [0.1, 0.15) is 0 Å². The second-order valence-electron chi connectivity index (χ2n) is 8.65. The summed E-state index contributed by atoms with van der Waals surface area (Å²) < 4.78 is 0. The second kappa shape index (κ2) is 9.50. The third-order valence-electron chi connectivity index (χ3n) is 6.56. The smallest absolute Gasteiger partial charge is 0.259 e. The van der Waals surface area contributed by atoms with Gasteiger partial charge in [-0.15, -0.1) is 0 Å². The highest BCUT2D eigenvalue weighted by molar-refractivity contribution is 6.06. The first-order valence-corrected chi connectivity index (χ1v) is 11.4. The third-order valence-corrected chi connectivity index (χ3v) is 6.56. The monoisotopic (exact) mass is 441 g/mol. The number of carbonyl (C=O) groups excluding carboxylic acids is 2. The van der Waals surface area contributed by atoms with E-state index >= 15 is 0 Å². The minimum Gasteiger partial charge on any atom is -0.354 e. The van der Waals surface area contributed by atoms with E-state index in [0.29, 0.717) is 18.7 Å². The molecule has 33 heavy (non-hydrogen) atoms. The molecule has 1 N–H and O–H groups in total. The topological polar surface area (TPSA) is 78.4 Å². The van der Waals surface area contributed by atoms with Gasteiger partial charge in [-0.05, 0) is 48.7 Å². The SMILES string of the molecule is O=C(Cc1ccccn1)NC[C@@H]1CC[C@@H]2CN(C(=O)c3cccnc3)c3ccccc3CN21. The maximum atomic E-state index is 13.4. The number of amides is 2. The van der Waals surface area contributed by atoms with Gasteiger partial charge in [0.25, 0.3) is 5.91 Å². The van der Waals surface area contributed by atoms with Crippen LogP contribution >= 0.6 is 0 Å². The van der Waals surface area contributed by atoms with Gasteiger partial charge in [0.05, 0.1) is 12.0 Å². The van der Waals surface area contributed by atoms with E-state index in [1.54, 1.807) is 24.7 Å². The Hall–Kier alpha value is -3.58. The highest BCUT2D eigenvalue weighted by Gasteiger charge is 2.39. The highest BCUT2D eigenvalue weighted by atomic mass is 16.2. The van der Waals surface area contributed by atoms with E-state index in [1.807, 2.05) is 47.4 Å². The molecule has 4 heterocycles. The van der Waals surface area contributed by atoms with Gasteiger partial charge < -0.3 is 10.2 Å². The lowest BCUT2D eigenvalue weighted by Crippen LogP contribution is -2.46. The zero-order chi connectivity index (χ0) is 22.6. The minimum atomic E-state index is -0.0236. The second-order valence-corrected chi connectivity index (χ2v) is 8.65. The van der Waals surface area contributed by atoms with Crippen LogP contribution in [-0.4, -0.2) is 51.9 Å². The number of nitrogens with one attached hydrogen (secondary N) is 1. The van der Waals surface area contributed by atoms with Crippen LogP contribution < -0.4 is 10.2 Å². The highest BCUT2D eigenvalue weighted by Crippen LogP contribution is 2.35. The molecule has 2 aromatic heterocycles. The molecule has 168 valence electrons. The van der Waals surface area contributed by atoms with Crippen LogP contribution in [0, 0.1) is 0 Å².